The molecule has 0 aromatic heterocycles. The molecule has 3 rings (SSSR count). The Morgan fingerprint density at radius 3 is 2.36 bits per heavy atom. The third-order valence-corrected chi connectivity index (χ3v) is 5.61. The van der Waals surface area contributed by atoms with Crippen LogP contribution in [-0.2, 0) is 14.3 Å². The zero-order valence-corrected chi connectivity index (χ0v) is 19.3. The van der Waals surface area contributed by atoms with E-state index in [2.05, 4.69) is 0 Å². The molecule has 2 aromatic carbocycles. The lowest BCUT2D eigenvalue weighted by Crippen LogP contribution is -3.05. The first-order chi connectivity index (χ1) is 15.8. The summed E-state index contributed by atoms with van der Waals surface area (Å²) in [6.07, 6.45) is 0.686. The minimum absolute atomic E-state index is 0.0104. The number of quaternary nitrogens is 1. The number of hydrogen-bond acceptors (Lipinski definition) is 6. The monoisotopic (exact) mass is 453 g/mol. The van der Waals surface area contributed by atoms with Gasteiger partial charge in [0.1, 0.15) is 11.5 Å². The van der Waals surface area contributed by atoms with Crippen molar-refractivity contribution in [2.24, 2.45) is 0 Å². The number of carbonyl (C=O) groups is 3. The van der Waals surface area contributed by atoms with Crippen molar-refractivity contribution < 1.29 is 33.9 Å². The highest BCUT2D eigenvalue weighted by Gasteiger charge is 2.45. The minimum Gasteiger partial charge on any atom is -0.507 e. The quantitative estimate of drug-likeness (QED) is 0.272. The molecule has 1 fully saturated rings. The zero-order valence-electron chi connectivity index (χ0n) is 19.3. The van der Waals surface area contributed by atoms with E-state index in [-0.39, 0.29) is 11.3 Å². The van der Waals surface area contributed by atoms with E-state index >= 15 is 0 Å². The summed E-state index contributed by atoms with van der Waals surface area (Å²) in [5.74, 6) is -1.64. The van der Waals surface area contributed by atoms with Crippen molar-refractivity contribution in [2.75, 3.05) is 41.4 Å². The van der Waals surface area contributed by atoms with Gasteiger partial charge in [-0.1, -0.05) is 24.3 Å². The van der Waals surface area contributed by atoms with Crippen LogP contribution in [0.5, 0.6) is 5.75 Å². The normalized spacial score (nSPS) is 17.5. The summed E-state index contributed by atoms with van der Waals surface area (Å²) in [6, 6.07) is 12.4. The first-order valence-corrected chi connectivity index (χ1v) is 10.7. The molecule has 0 saturated carbocycles. The van der Waals surface area contributed by atoms with Gasteiger partial charge in [-0.25, -0.2) is 4.79 Å². The Morgan fingerprint density at radius 1 is 1.06 bits per heavy atom. The van der Waals surface area contributed by atoms with Crippen LogP contribution < -0.4 is 9.64 Å². The number of methoxy groups -OCH3 is 2. The summed E-state index contributed by atoms with van der Waals surface area (Å²) < 4.78 is 9.98. The Labute approximate surface area is 193 Å². The number of ether oxygens (including phenoxy) is 2. The van der Waals surface area contributed by atoms with Gasteiger partial charge in [0.25, 0.3) is 11.7 Å². The van der Waals surface area contributed by atoms with Gasteiger partial charge in [0.15, 0.2) is 0 Å². The molecule has 1 amide bonds. The summed E-state index contributed by atoms with van der Waals surface area (Å²) in [5, 5.41) is 11.1. The predicted octanol–water partition coefficient (Wildman–Crippen LogP) is 1.44. The predicted molar refractivity (Wildman–Crippen MR) is 122 cm³/mol. The largest absolute Gasteiger partial charge is 0.507 e. The van der Waals surface area contributed by atoms with Crippen LogP contribution in [0.15, 0.2) is 54.1 Å². The highest BCUT2D eigenvalue weighted by molar-refractivity contribution is 6.46. The van der Waals surface area contributed by atoms with Crippen LogP contribution in [0.25, 0.3) is 5.76 Å². The average molecular weight is 454 g/mol. The van der Waals surface area contributed by atoms with Crippen LogP contribution in [0.4, 0.5) is 0 Å². The van der Waals surface area contributed by atoms with Gasteiger partial charge in [0, 0.05) is 18.5 Å². The number of ketones is 1. The third-order valence-electron chi connectivity index (χ3n) is 5.61. The number of likely N-dealkylation sites (tertiary alicyclic amines) is 1. The van der Waals surface area contributed by atoms with Gasteiger partial charge >= 0.3 is 5.97 Å². The van der Waals surface area contributed by atoms with Crippen molar-refractivity contribution in [1.82, 2.24) is 4.90 Å². The van der Waals surface area contributed by atoms with Gasteiger partial charge in [0.05, 0.1) is 52.0 Å². The Bertz CT molecular complexity index is 1070. The van der Waals surface area contributed by atoms with E-state index in [0.29, 0.717) is 35.4 Å². The van der Waals surface area contributed by atoms with E-state index in [1.165, 1.54) is 24.0 Å². The first kappa shape index (κ1) is 24.0. The van der Waals surface area contributed by atoms with E-state index in [0.717, 1.165) is 6.54 Å². The van der Waals surface area contributed by atoms with Gasteiger partial charge in [0.2, 0.25) is 0 Å². The maximum atomic E-state index is 13.1. The van der Waals surface area contributed by atoms with E-state index in [4.69, 9.17) is 9.47 Å². The molecule has 33 heavy (non-hydrogen) atoms. The summed E-state index contributed by atoms with van der Waals surface area (Å²) in [7, 11) is 6.83. The van der Waals surface area contributed by atoms with E-state index < -0.39 is 23.7 Å². The molecule has 2 aromatic rings. The molecule has 0 bridgehead atoms. The number of esters is 1. The lowest BCUT2D eigenvalue weighted by atomic mass is 9.94. The maximum Gasteiger partial charge on any atom is 0.337 e. The van der Waals surface area contributed by atoms with Gasteiger partial charge < -0.3 is 24.4 Å². The molecule has 0 unspecified atom stereocenters. The van der Waals surface area contributed by atoms with E-state index in [9.17, 15) is 19.5 Å². The number of nitrogens with one attached hydrogen (secondary N) is 1. The molecular weight excluding hydrogens is 424 g/mol. The lowest BCUT2D eigenvalue weighted by Gasteiger charge is -2.25. The Balaban J connectivity index is 2.10. The van der Waals surface area contributed by atoms with Crippen molar-refractivity contribution in [3.8, 4) is 5.75 Å². The second-order valence-corrected chi connectivity index (χ2v) is 8.15. The van der Waals surface area contributed by atoms with Crippen molar-refractivity contribution in [3.63, 3.8) is 0 Å². The van der Waals surface area contributed by atoms with Crippen LogP contribution in [0, 0.1) is 0 Å². The average Bonchev–Trinajstić information content (AvgIpc) is 3.08. The number of Topliss-reactive ketones (excluding diaryl/α,β-unsaturated/α-hetero) is 1. The molecule has 8 nitrogen and oxygen atoms in total. The molecule has 1 heterocycles. The van der Waals surface area contributed by atoms with E-state index in [1.807, 2.05) is 14.1 Å². The first-order valence-electron chi connectivity index (χ1n) is 10.7. The highest BCUT2D eigenvalue weighted by atomic mass is 16.5. The molecule has 1 saturated heterocycles. The van der Waals surface area contributed by atoms with Crippen LogP contribution in [0.3, 0.4) is 0 Å². The van der Waals surface area contributed by atoms with Crippen LogP contribution >= 0.6 is 0 Å². The third kappa shape index (κ3) is 5.06. The molecule has 1 atom stereocenters. The van der Waals surface area contributed by atoms with Crippen molar-refractivity contribution >= 4 is 23.4 Å². The van der Waals surface area contributed by atoms with E-state index in [1.54, 1.807) is 48.5 Å². The summed E-state index contributed by atoms with van der Waals surface area (Å²) in [6.45, 7) is 1.17. The van der Waals surface area contributed by atoms with Gasteiger partial charge in [-0.2, -0.15) is 0 Å². The molecule has 0 spiro atoms. The highest BCUT2D eigenvalue weighted by Crippen LogP contribution is 2.39. The summed E-state index contributed by atoms with van der Waals surface area (Å²) in [4.78, 5) is 40.6. The molecule has 0 aliphatic carbocycles. The lowest BCUT2D eigenvalue weighted by molar-refractivity contribution is -0.858. The van der Waals surface area contributed by atoms with Crippen LogP contribution in [0.2, 0.25) is 0 Å². The molecular formula is C25H29N2O6+. The molecule has 8 heteroatoms. The maximum absolute atomic E-state index is 13.1. The SMILES string of the molecule is COC(=O)c1ccc([C@H]2/C(=C(/O)c3cccc(OC)c3)C(=O)C(=O)N2CCC[NH+](C)C)cc1. The Hall–Kier alpha value is -3.65. The summed E-state index contributed by atoms with van der Waals surface area (Å²) >= 11 is 0. The fraction of sp³-hybridized carbons (Fsp3) is 0.320. The standard InChI is InChI=1S/C25H28N2O6/c1-26(2)13-6-14-27-21(16-9-11-17(12-10-16)25(31)33-4)20(23(29)24(27)30)22(28)18-7-5-8-19(15-18)32-3/h5,7-12,15,21,28H,6,13-14H2,1-4H3/p+1/b22-20-/t21-/m0/s1. The zero-order chi connectivity index (χ0) is 24.1. The van der Waals surface area contributed by atoms with Crippen LogP contribution in [-0.4, -0.2) is 69.1 Å². The minimum atomic E-state index is -0.778. The number of rotatable bonds is 8. The summed E-state index contributed by atoms with van der Waals surface area (Å²) in [5.41, 5.74) is 1.35. The smallest absolute Gasteiger partial charge is 0.337 e. The number of nitrogens with zero attached hydrogens (tertiary/aromatic N) is 1. The number of aliphatic hydroxyl groups is 1. The molecule has 2 N–H and O–H groups in total. The Morgan fingerprint density at radius 2 is 1.76 bits per heavy atom. The Kier molecular flexibility index (Phi) is 7.50. The molecule has 174 valence electrons. The topological polar surface area (TPSA) is 97.6 Å². The fourth-order valence-electron chi connectivity index (χ4n) is 3.91. The van der Waals surface area contributed by atoms with Crippen molar-refractivity contribution in [1.29, 1.82) is 0 Å². The number of amides is 1. The molecule has 1 aliphatic heterocycles. The molecule has 0 radical (unpaired) electrons. The second-order valence-electron chi connectivity index (χ2n) is 8.15. The van der Waals surface area contributed by atoms with Crippen molar-refractivity contribution in [3.05, 3.63) is 70.8 Å². The van der Waals surface area contributed by atoms with Gasteiger partial charge in [-0.05, 0) is 29.8 Å². The van der Waals surface area contributed by atoms with Crippen molar-refractivity contribution in [2.45, 2.75) is 12.5 Å². The number of hydrogen-bond donors (Lipinski definition) is 2. The fourth-order valence-corrected chi connectivity index (χ4v) is 3.91. The van der Waals surface area contributed by atoms with Gasteiger partial charge in [-0.3, -0.25) is 9.59 Å². The van der Waals surface area contributed by atoms with Crippen LogP contribution in [0.1, 0.15) is 33.9 Å². The number of benzene rings is 2. The molecule has 1 aliphatic rings. The second kappa shape index (κ2) is 10.3. The number of aliphatic hydroxyl groups excluding tert-OH is 1. The number of carbonyl (C=O) groups excluding carboxylic acids is 3. The van der Waals surface area contributed by atoms with Gasteiger partial charge in [-0.15, -0.1) is 0 Å².